The smallest absolute Gasteiger partial charge is 0.393 e. The van der Waals surface area contributed by atoms with Crippen molar-refractivity contribution in [2.45, 2.75) is 63.4 Å². The van der Waals surface area contributed by atoms with Gasteiger partial charge in [-0.05, 0) is 63.3 Å². The number of rotatable bonds is 6. The summed E-state index contributed by atoms with van der Waals surface area (Å²) < 4.78 is 48.4. The van der Waals surface area contributed by atoms with Crippen molar-refractivity contribution in [2.24, 2.45) is 0 Å². The first-order chi connectivity index (χ1) is 16.9. The summed E-state index contributed by atoms with van der Waals surface area (Å²) >= 11 is 1.08. The Hall–Kier alpha value is -2.53. The van der Waals surface area contributed by atoms with E-state index < -0.39 is 49.9 Å². The third kappa shape index (κ3) is 5.56. The van der Waals surface area contributed by atoms with Crippen LogP contribution in [0.4, 0.5) is 8.78 Å². The zero-order valence-electron chi connectivity index (χ0n) is 19.9. The summed E-state index contributed by atoms with van der Waals surface area (Å²) in [5.41, 5.74) is -1.19. The molecule has 2 N–H and O–H groups in total. The Bertz CT molecular complexity index is 1200. The van der Waals surface area contributed by atoms with Gasteiger partial charge < -0.3 is 20.3 Å². The maximum atomic E-state index is 13.9. The maximum Gasteiger partial charge on any atom is 0.393 e. The van der Waals surface area contributed by atoms with Gasteiger partial charge >= 0.3 is 20.8 Å². The van der Waals surface area contributed by atoms with Crippen LogP contribution in [0.25, 0.3) is 10.1 Å². The van der Waals surface area contributed by atoms with Crippen molar-refractivity contribution in [1.29, 1.82) is 0 Å². The highest BCUT2D eigenvalue weighted by molar-refractivity contribution is 7.20. The third-order valence-corrected chi connectivity index (χ3v) is 7.41. The number of halogens is 2. The van der Waals surface area contributed by atoms with E-state index in [2.05, 4.69) is 15.2 Å². The first-order valence-corrected chi connectivity index (χ1v) is 12.9. The Morgan fingerprint density at radius 2 is 1.94 bits per heavy atom. The Labute approximate surface area is 211 Å². The lowest BCUT2D eigenvalue weighted by atomic mass is 10.1. The molecule has 1 aromatic carbocycles. The number of fused-ring (bicyclic) bond motifs is 2. The molecule has 0 radical (unpaired) electrons. The molecule has 2 aromatic rings. The number of esters is 1. The minimum atomic E-state index is -3.75. The Morgan fingerprint density at radius 1 is 1.19 bits per heavy atom. The Balaban J connectivity index is 1.51. The van der Waals surface area contributed by atoms with Gasteiger partial charge in [0.15, 0.2) is 0 Å². The molecule has 36 heavy (non-hydrogen) atoms. The van der Waals surface area contributed by atoms with Gasteiger partial charge in [-0.25, -0.2) is 13.9 Å². The molecule has 0 bridgehead atoms. The zero-order valence-corrected chi connectivity index (χ0v) is 21.6. The summed E-state index contributed by atoms with van der Waals surface area (Å²) in [5, 5.41) is 6.28. The molecule has 4 rings (SSSR count). The average molecular weight is 542 g/mol. The van der Waals surface area contributed by atoms with Crippen molar-refractivity contribution in [3.8, 4) is 0 Å². The monoisotopic (exact) mass is 541 g/mol. The maximum absolute atomic E-state index is 13.9. The molecule has 0 saturated carbocycles. The van der Waals surface area contributed by atoms with Crippen molar-refractivity contribution in [3.05, 3.63) is 34.7 Å². The summed E-state index contributed by atoms with van der Waals surface area (Å²) in [6, 6.07) is 3.34. The second-order valence-corrected chi connectivity index (χ2v) is 11.2. The first-order valence-electron chi connectivity index (χ1n) is 11.4. The summed E-state index contributed by atoms with van der Waals surface area (Å²) in [7, 11) is -1.15. The number of amides is 2. The molecule has 1 aromatic heterocycles. The summed E-state index contributed by atoms with van der Waals surface area (Å²) in [6.45, 7) is 5.96. The molecule has 2 fully saturated rings. The van der Waals surface area contributed by atoms with Crippen molar-refractivity contribution in [3.63, 3.8) is 0 Å². The van der Waals surface area contributed by atoms with Crippen molar-refractivity contribution >= 4 is 47.9 Å². The zero-order chi connectivity index (χ0) is 26.3. The molecule has 3 heterocycles. The van der Waals surface area contributed by atoms with Crippen LogP contribution in [0.15, 0.2) is 24.3 Å². The SMILES string of the molecule is CC(C)(C)OC(=O)[C@@H]1CC[C@@H]2CNC[C@H](NC(=O)c3cc4cc(C(F)(F)OP=O)ccc4s3)C(=O)N21. The molecule has 2 saturated heterocycles. The summed E-state index contributed by atoms with van der Waals surface area (Å²) in [4.78, 5) is 40.9. The van der Waals surface area contributed by atoms with Crippen LogP contribution in [0.3, 0.4) is 0 Å². The lowest BCUT2D eigenvalue weighted by Gasteiger charge is -2.31. The first kappa shape index (κ1) is 26.5. The number of alkyl halides is 2. The van der Waals surface area contributed by atoms with E-state index in [0.717, 1.165) is 23.5 Å². The fourth-order valence-electron chi connectivity index (χ4n) is 4.46. The quantitative estimate of drug-likeness (QED) is 0.425. The van der Waals surface area contributed by atoms with Crippen LogP contribution >= 0.6 is 20.0 Å². The van der Waals surface area contributed by atoms with Crippen molar-refractivity contribution in [1.82, 2.24) is 15.5 Å². The van der Waals surface area contributed by atoms with Crippen LogP contribution in [0.5, 0.6) is 0 Å². The van der Waals surface area contributed by atoms with Gasteiger partial charge in [-0.1, -0.05) is 0 Å². The normalized spacial score (nSPS) is 23.0. The standard InChI is InChI=1S/C23H26F2N3O6PS/c1-22(2,3)33-21(31)16-6-5-14-10-26-11-15(20(30)28(14)16)27-19(29)18-9-12-8-13(4-7-17(12)36-18)23(24,25)34-35-32/h4,7-9,14-16,26H,5-6,10-11H2,1-3H3,(H,27,29)/t14-,15+,16+/m1/s1. The molecular weight excluding hydrogens is 515 g/mol. The molecule has 2 aliphatic heterocycles. The minimum absolute atomic E-state index is 0.183. The molecular formula is C23H26F2N3O6PS. The number of thiophene rings is 1. The van der Waals surface area contributed by atoms with E-state index in [1.54, 1.807) is 20.8 Å². The van der Waals surface area contributed by atoms with Crippen LogP contribution < -0.4 is 10.6 Å². The van der Waals surface area contributed by atoms with Crippen molar-refractivity contribution in [2.75, 3.05) is 13.1 Å². The van der Waals surface area contributed by atoms with Crippen LogP contribution in [-0.2, 0) is 29.5 Å². The molecule has 0 aliphatic carbocycles. The molecule has 2 amide bonds. The van der Waals surface area contributed by atoms with Gasteiger partial charge in [0.05, 0.1) is 10.4 Å². The van der Waals surface area contributed by atoms with Crippen LogP contribution in [0, 0.1) is 0 Å². The predicted molar refractivity (Wildman–Crippen MR) is 128 cm³/mol. The Kier molecular flexibility index (Phi) is 7.43. The lowest BCUT2D eigenvalue weighted by Crippen LogP contribution is -2.54. The van der Waals surface area contributed by atoms with Crippen LogP contribution in [0.2, 0.25) is 0 Å². The highest BCUT2D eigenvalue weighted by atomic mass is 32.1. The molecule has 9 nitrogen and oxygen atoms in total. The fourth-order valence-corrected chi connectivity index (χ4v) is 5.60. The van der Waals surface area contributed by atoms with Gasteiger partial charge in [-0.2, -0.15) is 8.78 Å². The van der Waals surface area contributed by atoms with Crippen LogP contribution in [-0.4, -0.2) is 59.5 Å². The van der Waals surface area contributed by atoms with Crippen LogP contribution in [0.1, 0.15) is 48.8 Å². The number of nitrogens with one attached hydrogen (secondary N) is 2. The van der Waals surface area contributed by atoms with E-state index >= 15 is 0 Å². The topological polar surface area (TPSA) is 114 Å². The molecule has 0 unspecified atom stereocenters. The number of carbonyl (C=O) groups excluding carboxylic acids is 3. The molecule has 13 heteroatoms. The highest BCUT2D eigenvalue weighted by Gasteiger charge is 2.46. The average Bonchev–Trinajstić information content (AvgIpc) is 3.37. The molecule has 194 valence electrons. The minimum Gasteiger partial charge on any atom is -0.458 e. The Morgan fingerprint density at radius 3 is 2.64 bits per heavy atom. The number of ether oxygens (including phenoxy) is 1. The van der Waals surface area contributed by atoms with Crippen molar-refractivity contribution < 1.29 is 37.0 Å². The van der Waals surface area contributed by atoms with E-state index in [9.17, 15) is 27.7 Å². The molecule has 3 atom stereocenters. The fraction of sp³-hybridized carbons (Fsp3) is 0.522. The third-order valence-electron chi connectivity index (χ3n) is 6.00. The number of nitrogens with zero attached hydrogens (tertiary/aromatic N) is 1. The predicted octanol–water partition coefficient (Wildman–Crippen LogP) is 3.58. The highest BCUT2D eigenvalue weighted by Crippen LogP contribution is 2.36. The number of benzene rings is 1. The van der Waals surface area contributed by atoms with E-state index in [0.29, 0.717) is 29.5 Å². The van der Waals surface area contributed by atoms with E-state index in [1.165, 1.54) is 17.0 Å². The molecule has 2 aliphatic rings. The van der Waals surface area contributed by atoms with Gasteiger partial charge in [0.2, 0.25) is 5.91 Å². The van der Waals surface area contributed by atoms with Gasteiger partial charge in [0.1, 0.15) is 17.7 Å². The van der Waals surface area contributed by atoms with Gasteiger partial charge in [0, 0.05) is 23.8 Å². The van der Waals surface area contributed by atoms with E-state index in [1.807, 2.05) is 0 Å². The number of hydrogen-bond donors (Lipinski definition) is 2. The second kappa shape index (κ2) is 10.1. The summed E-state index contributed by atoms with van der Waals surface area (Å²) in [6.07, 6.45) is -2.63. The number of hydrogen-bond acceptors (Lipinski definition) is 8. The van der Waals surface area contributed by atoms with E-state index in [4.69, 9.17) is 4.74 Å². The summed E-state index contributed by atoms with van der Waals surface area (Å²) in [5.74, 6) is -1.38. The van der Waals surface area contributed by atoms with E-state index in [-0.39, 0.29) is 23.4 Å². The molecule has 0 spiro atoms. The van der Waals surface area contributed by atoms with Gasteiger partial charge in [-0.3, -0.25) is 9.59 Å². The van der Waals surface area contributed by atoms with Gasteiger partial charge in [0.25, 0.3) is 5.91 Å². The number of carbonyl (C=O) groups is 3. The largest absolute Gasteiger partial charge is 0.458 e. The second-order valence-electron chi connectivity index (χ2n) is 9.76. The lowest BCUT2D eigenvalue weighted by molar-refractivity contribution is -0.178. The van der Waals surface area contributed by atoms with Gasteiger partial charge in [-0.15, -0.1) is 11.3 Å².